The van der Waals surface area contributed by atoms with Gasteiger partial charge in [-0.3, -0.25) is 0 Å². The van der Waals surface area contributed by atoms with Crippen molar-refractivity contribution in [3.63, 3.8) is 0 Å². The van der Waals surface area contributed by atoms with Gasteiger partial charge in [0, 0.05) is 31.2 Å². The number of carbonyl (C=O) groups is 1. The lowest BCUT2D eigenvalue weighted by molar-refractivity contribution is 0.252. The van der Waals surface area contributed by atoms with Crippen molar-refractivity contribution in [2.75, 3.05) is 23.7 Å². The Morgan fingerprint density at radius 1 is 1.04 bits per heavy atom. The molecule has 2 heterocycles. The smallest absolute Gasteiger partial charge is 0.319 e. The van der Waals surface area contributed by atoms with Crippen molar-refractivity contribution in [3.8, 4) is 5.82 Å². The number of urea groups is 1. The molecule has 0 spiro atoms. The molecule has 128 valence electrons. The number of hydrogen-bond acceptors (Lipinski definition) is 4. The van der Waals surface area contributed by atoms with Crippen LogP contribution in [0.25, 0.3) is 5.82 Å². The van der Waals surface area contributed by atoms with Crippen molar-refractivity contribution in [1.82, 2.24) is 20.1 Å². The first-order valence-electron chi connectivity index (χ1n) is 7.72. The molecule has 0 saturated carbocycles. The van der Waals surface area contributed by atoms with Crippen molar-refractivity contribution in [2.45, 2.75) is 0 Å². The van der Waals surface area contributed by atoms with Crippen LogP contribution in [0.4, 0.5) is 20.7 Å². The minimum Gasteiger partial charge on any atom is -0.367 e. The van der Waals surface area contributed by atoms with Crippen LogP contribution >= 0.6 is 0 Å². The SMILES string of the molecule is O=C(NCCNc1ccc(-n2cccc2)nn1)Nc1cccc(F)c1. The molecule has 2 amide bonds. The average molecular weight is 340 g/mol. The van der Waals surface area contributed by atoms with Crippen LogP contribution in [0, 0.1) is 5.82 Å². The van der Waals surface area contributed by atoms with Gasteiger partial charge in [0.05, 0.1) is 0 Å². The second-order valence-electron chi connectivity index (χ2n) is 5.19. The Morgan fingerprint density at radius 2 is 1.88 bits per heavy atom. The Labute approximate surface area is 143 Å². The number of anilines is 2. The Hall–Kier alpha value is -3.42. The summed E-state index contributed by atoms with van der Waals surface area (Å²) in [5.41, 5.74) is 0.400. The number of carbonyl (C=O) groups excluding carboxylic acids is 1. The van der Waals surface area contributed by atoms with E-state index in [1.54, 1.807) is 6.07 Å². The first-order chi connectivity index (χ1) is 12.2. The van der Waals surface area contributed by atoms with Gasteiger partial charge in [-0.1, -0.05) is 6.07 Å². The Morgan fingerprint density at radius 3 is 2.60 bits per heavy atom. The van der Waals surface area contributed by atoms with Crippen LogP contribution in [0.5, 0.6) is 0 Å². The zero-order valence-corrected chi connectivity index (χ0v) is 13.3. The molecule has 2 aromatic heterocycles. The summed E-state index contributed by atoms with van der Waals surface area (Å²) in [6.07, 6.45) is 3.77. The summed E-state index contributed by atoms with van der Waals surface area (Å²) >= 11 is 0. The van der Waals surface area contributed by atoms with Gasteiger partial charge in [0.1, 0.15) is 11.6 Å². The third kappa shape index (κ3) is 4.77. The molecule has 0 saturated heterocycles. The van der Waals surface area contributed by atoms with Crippen molar-refractivity contribution in [2.24, 2.45) is 0 Å². The minimum absolute atomic E-state index is 0.377. The maximum Gasteiger partial charge on any atom is 0.319 e. The van der Waals surface area contributed by atoms with Crippen LogP contribution < -0.4 is 16.0 Å². The molecular formula is C17H17FN6O. The van der Waals surface area contributed by atoms with Gasteiger partial charge in [-0.15, -0.1) is 10.2 Å². The second-order valence-corrected chi connectivity index (χ2v) is 5.19. The lowest BCUT2D eigenvalue weighted by Crippen LogP contribution is -2.32. The molecule has 0 aliphatic rings. The van der Waals surface area contributed by atoms with Gasteiger partial charge >= 0.3 is 6.03 Å². The maximum absolute atomic E-state index is 13.0. The normalized spacial score (nSPS) is 10.3. The summed E-state index contributed by atoms with van der Waals surface area (Å²) in [5.74, 6) is 0.938. The number of halogens is 1. The van der Waals surface area contributed by atoms with E-state index in [4.69, 9.17) is 0 Å². The van der Waals surface area contributed by atoms with Crippen molar-refractivity contribution < 1.29 is 9.18 Å². The molecule has 3 N–H and O–H groups in total. The fourth-order valence-corrected chi connectivity index (χ4v) is 2.15. The standard InChI is InChI=1S/C17H17FN6O/c18-13-4-3-5-14(12-13)21-17(25)20-9-8-19-15-6-7-16(23-22-15)24-10-1-2-11-24/h1-7,10-12H,8-9H2,(H,19,22)(H2,20,21,25). The van der Waals surface area contributed by atoms with E-state index in [-0.39, 0.29) is 0 Å². The first kappa shape index (κ1) is 16.4. The number of aromatic nitrogens is 3. The zero-order chi connectivity index (χ0) is 17.5. The predicted molar refractivity (Wildman–Crippen MR) is 93.3 cm³/mol. The summed E-state index contributed by atoms with van der Waals surface area (Å²) in [7, 11) is 0. The fourth-order valence-electron chi connectivity index (χ4n) is 2.15. The molecule has 3 rings (SSSR count). The number of hydrogen-bond donors (Lipinski definition) is 3. The van der Waals surface area contributed by atoms with E-state index in [0.29, 0.717) is 24.6 Å². The van der Waals surface area contributed by atoms with Crippen LogP contribution in [0.3, 0.4) is 0 Å². The van der Waals surface area contributed by atoms with Gasteiger partial charge in [0.15, 0.2) is 5.82 Å². The van der Waals surface area contributed by atoms with Crippen LogP contribution in [0.1, 0.15) is 0 Å². The summed E-state index contributed by atoms with van der Waals surface area (Å²) in [6.45, 7) is 0.857. The van der Waals surface area contributed by atoms with Gasteiger partial charge in [-0.05, 0) is 42.5 Å². The van der Waals surface area contributed by atoms with Crippen LogP contribution in [-0.2, 0) is 0 Å². The lowest BCUT2D eigenvalue weighted by Gasteiger charge is -2.09. The van der Waals surface area contributed by atoms with Crippen molar-refractivity contribution in [1.29, 1.82) is 0 Å². The number of nitrogens with one attached hydrogen (secondary N) is 3. The first-order valence-corrected chi connectivity index (χ1v) is 7.72. The Kier molecular flexibility index (Phi) is 5.20. The van der Waals surface area contributed by atoms with Crippen LogP contribution in [-0.4, -0.2) is 33.9 Å². The van der Waals surface area contributed by atoms with Gasteiger partial charge in [-0.2, -0.15) is 0 Å². The van der Waals surface area contributed by atoms with Crippen LogP contribution in [0.15, 0.2) is 60.9 Å². The number of amides is 2. The molecule has 0 bridgehead atoms. The molecule has 1 aromatic carbocycles. The molecule has 0 aliphatic carbocycles. The molecule has 0 aliphatic heterocycles. The average Bonchev–Trinajstić information content (AvgIpc) is 3.14. The maximum atomic E-state index is 13.0. The Balaban J connectivity index is 1.40. The third-order valence-corrected chi connectivity index (χ3v) is 3.32. The van der Waals surface area contributed by atoms with Gasteiger partial charge < -0.3 is 20.5 Å². The predicted octanol–water partition coefficient (Wildman–Crippen LogP) is 2.64. The quantitative estimate of drug-likeness (QED) is 0.602. The number of nitrogens with zero attached hydrogens (tertiary/aromatic N) is 3. The third-order valence-electron chi connectivity index (χ3n) is 3.32. The molecule has 7 nitrogen and oxygen atoms in total. The number of rotatable bonds is 6. The molecule has 8 heteroatoms. The minimum atomic E-state index is -0.401. The lowest BCUT2D eigenvalue weighted by atomic mass is 10.3. The highest BCUT2D eigenvalue weighted by atomic mass is 19.1. The summed E-state index contributed by atoms with van der Waals surface area (Å²) in [5, 5.41) is 16.5. The fraction of sp³-hybridized carbons (Fsp3) is 0.118. The van der Waals surface area contributed by atoms with Crippen molar-refractivity contribution in [3.05, 3.63) is 66.7 Å². The van der Waals surface area contributed by atoms with Gasteiger partial charge in [0.25, 0.3) is 0 Å². The van der Waals surface area contributed by atoms with Crippen LogP contribution in [0.2, 0.25) is 0 Å². The summed E-state index contributed by atoms with van der Waals surface area (Å²) < 4.78 is 14.9. The molecular weight excluding hydrogens is 323 g/mol. The van der Waals surface area contributed by atoms with Crippen molar-refractivity contribution >= 4 is 17.5 Å². The van der Waals surface area contributed by atoms with E-state index in [2.05, 4.69) is 26.1 Å². The van der Waals surface area contributed by atoms with Gasteiger partial charge in [-0.25, -0.2) is 9.18 Å². The van der Waals surface area contributed by atoms with E-state index in [0.717, 1.165) is 5.82 Å². The molecule has 0 atom stereocenters. The van der Waals surface area contributed by atoms with Gasteiger partial charge in [0.2, 0.25) is 0 Å². The highest BCUT2D eigenvalue weighted by Gasteiger charge is 2.02. The van der Waals surface area contributed by atoms with E-state index >= 15 is 0 Å². The number of benzene rings is 1. The summed E-state index contributed by atoms with van der Waals surface area (Å²) in [6, 6.07) is 12.8. The van der Waals surface area contributed by atoms with E-state index in [1.165, 1.54) is 18.2 Å². The Bertz CT molecular complexity index is 819. The molecule has 0 fully saturated rings. The highest BCUT2D eigenvalue weighted by molar-refractivity contribution is 5.89. The molecule has 25 heavy (non-hydrogen) atoms. The molecule has 3 aromatic rings. The molecule has 0 unspecified atom stereocenters. The molecule has 0 radical (unpaired) electrons. The highest BCUT2D eigenvalue weighted by Crippen LogP contribution is 2.08. The largest absolute Gasteiger partial charge is 0.367 e. The van der Waals surface area contributed by atoms with E-state index < -0.39 is 11.8 Å². The monoisotopic (exact) mass is 340 g/mol. The second kappa shape index (κ2) is 7.91. The van der Waals surface area contributed by atoms with E-state index in [1.807, 2.05) is 41.2 Å². The summed E-state index contributed by atoms with van der Waals surface area (Å²) in [4.78, 5) is 11.7. The topological polar surface area (TPSA) is 83.9 Å². The van der Waals surface area contributed by atoms with E-state index in [9.17, 15) is 9.18 Å². The zero-order valence-electron chi connectivity index (χ0n) is 13.3.